The normalized spacial score (nSPS) is 14.0. The highest BCUT2D eigenvalue weighted by atomic mass is 16.2. The van der Waals surface area contributed by atoms with Crippen molar-refractivity contribution in [2.24, 2.45) is 0 Å². The van der Waals surface area contributed by atoms with E-state index in [0.717, 1.165) is 32.2 Å². The Morgan fingerprint density at radius 3 is 2.35 bits per heavy atom. The molecule has 0 saturated heterocycles. The van der Waals surface area contributed by atoms with Crippen molar-refractivity contribution in [3.8, 4) is 0 Å². The van der Waals surface area contributed by atoms with Crippen molar-refractivity contribution in [1.82, 2.24) is 15.5 Å². The third-order valence-electron chi connectivity index (χ3n) is 4.57. The third kappa shape index (κ3) is 7.00. The summed E-state index contributed by atoms with van der Waals surface area (Å²) in [5.74, 6) is -0.255. The zero-order valence-electron chi connectivity index (χ0n) is 16.0. The molecule has 0 radical (unpaired) electrons. The molecule has 0 heterocycles. The highest BCUT2D eigenvalue weighted by Gasteiger charge is 2.11. The van der Waals surface area contributed by atoms with Crippen molar-refractivity contribution in [3.05, 3.63) is 47.0 Å². The maximum atomic E-state index is 12.3. The van der Waals surface area contributed by atoms with E-state index in [4.69, 9.17) is 0 Å². The van der Waals surface area contributed by atoms with Crippen LogP contribution in [-0.2, 0) is 0 Å². The summed E-state index contributed by atoms with van der Waals surface area (Å²) in [6, 6.07) is 6.91. The van der Waals surface area contributed by atoms with Crippen molar-refractivity contribution >= 4 is 11.8 Å². The Bertz CT molecular complexity index is 638. The summed E-state index contributed by atoms with van der Waals surface area (Å²) >= 11 is 0. The highest BCUT2D eigenvalue weighted by Crippen LogP contribution is 2.19. The van der Waals surface area contributed by atoms with Gasteiger partial charge in [0.05, 0.1) is 0 Å². The summed E-state index contributed by atoms with van der Waals surface area (Å²) < 4.78 is 0. The summed E-state index contributed by atoms with van der Waals surface area (Å²) in [5, 5.41) is 5.86. The second-order valence-corrected chi connectivity index (χ2v) is 7.11. The van der Waals surface area contributed by atoms with Gasteiger partial charge in [-0.2, -0.15) is 0 Å². The third-order valence-corrected chi connectivity index (χ3v) is 4.57. The van der Waals surface area contributed by atoms with Crippen molar-refractivity contribution in [3.63, 3.8) is 0 Å². The van der Waals surface area contributed by atoms with Crippen LogP contribution < -0.4 is 10.6 Å². The lowest BCUT2D eigenvalue weighted by molar-refractivity contribution is 0.0952. The van der Waals surface area contributed by atoms with E-state index in [9.17, 15) is 9.59 Å². The molecule has 1 aromatic carbocycles. The number of hydrogen-bond acceptors (Lipinski definition) is 3. The van der Waals surface area contributed by atoms with Gasteiger partial charge in [-0.1, -0.05) is 17.7 Å². The molecule has 26 heavy (non-hydrogen) atoms. The Kier molecular flexibility index (Phi) is 8.35. The number of carbonyl (C=O) groups excluding carboxylic acids is 2. The van der Waals surface area contributed by atoms with Crippen LogP contribution in [-0.4, -0.2) is 50.4 Å². The second kappa shape index (κ2) is 10.8. The topological polar surface area (TPSA) is 61.4 Å². The van der Waals surface area contributed by atoms with Crippen LogP contribution in [0.25, 0.3) is 0 Å². The van der Waals surface area contributed by atoms with Crippen molar-refractivity contribution in [1.29, 1.82) is 0 Å². The SMILES string of the molecule is CN(C)CCCNC(=O)c1cccc(C(=O)NCCC2=CCCCC2)c1. The first-order valence-electron chi connectivity index (χ1n) is 9.55. The molecule has 1 aromatic rings. The number of nitrogens with zero attached hydrogens (tertiary/aromatic N) is 1. The van der Waals surface area contributed by atoms with E-state index in [-0.39, 0.29) is 11.8 Å². The van der Waals surface area contributed by atoms with Crippen LogP contribution in [0.2, 0.25) is 0 Å². The maximum Gasteiger partial charge on any atom is 0.251 e. The summed E-state index contributed by atoms with van der Waals surface area (Å²) in [6.07, 6.45) is 8.96. The number of nitrogens with one attached hydrogen (secondary N) is 2. The van der Waals surface area contributed by atoms with Crippen LogP contribution in [0.5, 0.6) is 0 Å². The van der Waals surface area contributed by atoms with Crippen molar-refractivity contribution in [2.45, 2.75) is 38.5 Å². The molecular weight excluding hydrogens is 326 g/mol. The van der Waals surface area contributed by atoms with Gasteiger partial charge in [-0.25, -0.2) is 0 Å². The number of hydrogen-bond donors (Lipinski definition) is 2. The quantitative estimate of drug-likeness (QED) is 0.528. The number of allylic oxidation sites excluding steroid dienone is 1. The first kappa shape index (κ1) is 20.2. The van der Waals surface area contributed by atoms with Gasteiger partial charge in [0.1, 0.15) is 0 Å². The summed E-state index contributed by atoms with van der Waals surface area (Å²) in [5.41, 5.74) is 2.50. The van der Waals surface area contributed by atoms with Gasteiger partial charge in [0.15, 0.2) is 0 Å². The molecule has 2 N–H and O–H groups in total. The second-order valence-electron chi connectivity index (χ2n) is 7.11. The zero-order valence-corrected chi connectivity index (χ0v) is 16.0. The molecule has 142 valence electrons. The molecule has 0 bridgehead atoms. The lowest BCUT2D eigenvalue weighted by Crippen LogP contribution is -2.28. The average molecular weight is 357 g/mol. The lowest BCUT2D eigenvalue weighted by Gasteiger charge is -2.13. The fraction of sp³-hybridized carbons (Fsp3) is 0.524. The number of carbonyl (C=O) groups is 2. The largest absolute Gasteiger partial charge is 0.352 e. The lowest BCUT2D eigenvalue weighted by atomic mass is 9.97. The predicted octanol–water partition coefficient (Wildman–Crippen LogP) is 2.99. The Labute approximate surface area is 156 Å². The molecule has 0 spiro atoms. The molecule has 5 heteroatoms. The highest BCUT2D eigenvalue weighted by molar-refractivity contribution is 5.99. The molecule has 1 aliphatic rings. The standard InChI is InChI=1S/C21H31N3O2/c1-24(2)15-7-13-22-20(25)18-10-6-11-19(16-18)21(26)23-14-12-17-8-4-3-5-9-17/h6,8,10-11,16H,3-5,7,9,12-15H2,1-2H3,(H,22,25)(H,23,26). The van der Waals surface area contributed by atoms with Crippen LogP contribution in [0.4, 0.5) is 0 Å². The van der Waals surface area contributed by atoms with E-state index >= 15 is 0 Å². The molecule has 2 rings (SSSR count). The fourth-order valence-corrected chi connectivity index (χ4v) is 3.07. The van der Waals surface area contributed by atoms with Gasteiger partial charge in [-0.3, -0.25) is 9.59 Å². The van der Waals surface area contributed by atoms with Gasteiger partial charge in [0.25, 0.3) is 11.8 Å². The van der Waals surface area contributed by atoms with Gasteiger partial charge < -0.3 is 15.5 Å². The van der Waals surface area contributed by atoms with E-state index in [1.54, 1.807) is 24.3 Å². The molecule has 0 aliphatic heterocycles. The van der Waals surface area contributed by atoms with Gasteiger partial charge in [0, 0.05) is 24.2 Å². The Hall–Kier alpha value is -2.14. The fourth-order valence-electron chi connectivity index (χ4n) is 3.07. The van der Waals surface area contributed by atoms with Crippen LogP contribution in [0.15, 0.2) is 35.9 Å². The van der Waals surface area contributed by atoms with Crippen molar-refractivity contribution in [2.75, 3.05) is 33.7 Å². The number of rotatable bonds is 9. The van der Waals surface area contributed by atoms with Crippen LogP contribution in [0, 0.1) is 0 Å². The summed E-state index contributed by atoms with van der Waals surface area (Å²) in [6.45, 7) is 2.20. The van der Waals surface area contributed by atoms with Gasteiger partial charge in [0.2, 0.25) is 0 Å². The van der Waals surface area contributed by atoms with E-state index in [1.807, 2.05) is 14.1 Å². The molecule has 0 aromatic heterocycles. The Morgan fingerprint density at radius 2 is 1.73 bits per heavy atom. The molecule has 2 amide bonds. The van der Waals surface area contributed by atoms with E-state index in [2.05, 4.69) is 21.6 Å². The first-order valence-corrected chi connectivity index (χ1v) is 9.55. The van der Waals surface area contributed by atoms with E-state index in [1.165, 1.54) is 18.4 Å². The van der Waals surface area contributed by atoms with Gasteiger partial charge >= 0.3 is 0 Å². The Morgan fingerprint density at radius 1 is 1.04 bits per heavy atom. The summed E-state index contributed by atoms with van der Waals surface area (Å²) in [4.78, 5) is 26.6. The minimum absolute atomic E-state index is 0.122. The Balaban J connectivity index is 1.80. The van der Waals surface area contributed by atoms with Crippen molar-refractivity contribution < 1.29 is 9.59 Å². The zero-order chi connectivity index (χ0) is 18.8. The molecule has 0 atom stereocenters. The molecule has 1 aliphatic carbocycles. The van der Waals surface area contributed by atoms with Crippen LogP contribution >= 0.6 is 0 Å². The maximum absolute atomic E-state index is 12.3. The van der Waals surface area contributed by atoms with Crippen LogP contribution in [0.3, 0.4) is 0 Å². The molecular formula is C21H31N3O2. The predicted molar refractivity (Wildman–Crippen MR) is 105 cm³/mol. The van der Waals surface area contributed by atoms with Crippen LogP contribution in [0.1, 0.15) is 59.2 Å². The first-order chi connectivity index (χ1) is 12.6. The van der Waals surface area contributed by atoms with E-state index in [0.29, 0.717) is 24.2 Å². The minimum Gasteiger partial charge on any atom is -0.352 e. The molecule has 0 unspecified atom stereocenters. The number of amides is 2. The molecule has 5 nitrogen and oxygen atoms in total. The molecule has 0 fully saturated rings. The minimum atomic E-state index is -0.134. The monoisotopic (exact) mass is 357 g/mol. The average Bonchev–Trinajstić information content (AvgIpc) is 2.66. The number of benzene rings is 1. The van der Waals surface area contributed by atoms with Gasteiger partial charge in [-0.05, 0) is 77.4 Å². The smallest absolute Gasteiger partial charge is 0.251 e. The molecule has 0 saturated carbocycles. The van der Waals surface area contributed by atoms with E-state index < -0.39 is 0 Å². The summed E-state index contributed by atoms with van der Waals surface area (Å²) in [7, 11) is 4.02. The van der Waals surface area contributed by atoms with Gasteiger partial charge in [-0.15, -0.1) is 0 Å².